The van der Waals surface area contributed by atoms with Crippen LogP contribution in [-0.4, -0.2) is 36.7 Å². The van der Waals surface area contributed by atoms with Crippen LogP contribution in [0, 0.1) is 17.2 Å². The number of nitriles is 1. The number of hydrogen-bond donors (Lipinski definition) is 3. The molecule has 0 aromatic carbocycles. The molecule has 1 saturated carbocycles. The van der Waals surface area contributed by atoms with Crippen molar-refractivity contribution >= 4 is 17.3 Å². The van der Waals surface area contributed by atoms with E-state index in [4.69, 9.17) is 5.26 Å². The van der Waals surface area contributed by atoms with Gasteiger partial charge in [-0.05, 0) is 18.8 Å². The number of H-pyrrole nitrogens is 1. The summed E-state index contributed by atoms with van der Waals surface area (Å²) in [5, 5.41) is 24.0. The minimum absolute atomic E-state index is 0.264. The first-order chi connectivity index (χ1) is 13.8. The van der Waals surface area contributed by atoms with Gasteiger partial charge in [0, 0.05) is 25.0 Å². The van der Waals surface area contributed by atoms with E-state index in [0.29, 0.717) is 29.1 Å². The van der Waals surface area contributed by atoms with Crippen LogP contribution in [0.15, 0.2) is 30.9 Å². The number of rotatable bonds is 6. The molecule has 3 aromatic rings. The Morgan fingerprint density at radius 2 is 1.96 bits per heavy atom. The van der Waals surface area contributed by atoms with E-state index in [1.807, 2.05) is 12.1 Å². The molecule has 0 amide bonds. The van der Waals surface area contributed by atoms with Crippen molar-refractivity contribution in [3.63, 3.8) is 0 Å². The standard InChI is InChI=1S/C19H21N9/c20-9-14-11-25-17(12-23-14)26-16-8-15(24-10-13-4-2-1-3-5-13)18(28-27-16)19-21-6-7-22-19/h6-8,11-13H,1-5,10H2,(H,21,22)(H2,24,25,26,27). The molecular weight excluding hydrogens is 354 g/mol. The number of anilines is 3. The predicted octanol–water partition coefficient (Wildman–Crippen LogP) is 3.26. The van der Waals surface area contributed by atoms with Gasteiger partial charge in [-0.3, -0.25) is 0 Å². The zero-order valence-electron chi connectivity index (χ0n) is 15.4. The molecule has 1 fully saturated rings. The first-order valence-corrected chi connectivity index (χ1v) is 9.42. The normalized spacial score (nSPS) is 14.4. The first-order valence-electron chi connectivity index (χ1n) is 9.42. The fourth-order valence-corrected chi connectivity index (χ4v) is 3.38. The second-order valence-corrected chi connectivity index (χ2v) is 6.84. The smallest absolute Gasteiger partial charge is 0.160 e. The van der Waals surface area contributed by atoms with Crippen molar-refractivity contribution in [2.24, 2.45) is 5.92 Å². The van der Waals surface area contributed by atoms with Crippen LogP contribution in [0.2, 0.25) is 0 Å². The molecule has 0 atom stereocenters. The van der Waals surface area contributed by atoms with E-state index in [0.717, 1.165) is 12.2 Å². The van der Waals surface area contributed by atoms with Crippen molar-refractivity contribution in [3.05, 3.63) is 36.5 Å². The quantitative estimate of drug-likeness (QED) is 0.599. The van der Waals surface area contributed by atoms with E-state index in [1.165, 1.54) is 44.5 Å². The summed E-state index contributed by atoms with van der Waals surface area (Å²) in [5.74, 6) is 2.38. The van der Waals surface area contributed by atoms with Crippen LogP contribution < -0.4 is 10.6 Å². The van der Waals surface area contributed by atoms with E-state index in [9.17, 15) is 0 Å². The number of aromatic amines is 1. The van der Waals surface area contributed by atoms with Crippen LogP contribution in [-0.2, 0) is 0 Å². The van der Waals surface area contributed by atoms with E-state index >= 15 is 0 Å². The van der Waals surface area contributed by atoms with E-state index in [-0.39, 0.29) is 5.69 Å². The molecule has 3 heterocycles. The van der Waals surface area contributed by atoms with Gasteiger partial charge in [-0.2, -0.15) is 5.26 Å². The Morgan fingerprint density at radius 1 is 1.07 bits per heavy atom. The molecule has 3 N–H and O–H groups in total. The number of hydrogen-bond acceptors (Lipinski definition) is 8. The molecular formula is C19H21N9. The van der Waals surface area contributed by atoms with Gasteiger partial charge in [0.05, 0.1) is 18.1 Å². The second kappa shape index (κ2) is 8.43. The maximum Gasteiger partial charge on any atom is 0.160 e. The average molecular weight is 375 g/mol. The van der Waals surface area contributed by atoms with Gasteiger partial charge >= 0.3 is 0 Å². The zero-order valence-corrected chi connectivity index (χ0v) is 15.4. The Labute approximate surface area is 162 Å². The van der Waals surface area contributed by atoms with Crippen molar-refractivity contribution < 1.29 is 0 Å². The van der Waals surface area contributed by atoms with Crippen LogP contribution >= 0.6 is 0 Å². The molecule has 4 rings (SSSR count). The highest BCUT2D eigenvalue weighted by Crippen LogP contribution is 2.28. The van der Waals surface area contributed by atoms with Gasteiger partial charge < -0.3 is 15.6 Å². The van der Waals surface area contributed by atoms with Crippen molar-refractivity contribution in [3.8, 4) is 17.6 Å². The van der Waals surface area contributed by atoms with Crippen molar-refractivity contribution in [2.45, 2.75) is 32.1 Å². The summed E-state index contributed by atoms with van der Waals surface area (Å²) in [6, 6.07) is 3.84. The first kappa shape index (κ1) is 17.9. The predicted molar refractivity (Wildman–Crippen MR) is 105 cm³/mol. The van der Waals surface area contributed by atoms with Gasteiger partial charge in [-0.15, -0.1) is 10.2 Å². The van der Waals surface area contributed by atoms with E-state index < -0.39 is 0 Å². The molecule has 0 spiro atoms. The Hall–Kier alpha value is -3.54. The molecule has 1 aliphatic rings. The van der Waals surface area contributed by atoms with Crippen molar-refractivity contribution in [1.82, 2.24) is 30.1 Å². The maximum atomic E-state index is 8.83. The van der Waals surface area contributed by atoms with Gasteiger partial charge in [0.25, 0.3) is 0 Å². The van der Waals surface area contributed by atoms with Crippen LogP contribution in [0.25, 0.3) is 11.5 Å². The highest BCUT2D eigenvalue weighted by atomic mass is 15.2. The fourth-order valence-electron chi connectivity index (χ4n) is 3.38. The highest BCUT2D eigenvalue weighted by Gasteiger charge is 2.16. The molecule has 28 heavy (non-hydrogen) atoms. The third-order valence-electron chi connectivity index (χ3n) is 4.84. The average Bonchev–Trinajstić information content (AvgIpc) is 3.28. The van der Waals surface area contributed by atoms with Crippen molar-refractivity contribution in [1.29, 1.82) is 5.26 Å². The molecule has 0 saturated heterocycles. The molecule has 9 heteroatoms. The van der Waals surface area contributed by atoms with E-state index in [1.54, 1.807) is 12.4 Å². The van der Waals surface area contributed by atoms with Crippen LogP contribution in [0.5, 0.6) is 0 Å². The summed E-state index contributed by atoms with van der Waals surface area (Å²) in [4.78, 5) is 15.6. The number of nitrogens with zero attached hydrogens (tertiary/aromatic N) is 6. The Morgan fingerprint density at radius 3 is 2.68 bits per heavy atom. The maximum absolute atomic E-state index is 8.83. The van der Waals surface area contributed by atoms with Gasteiger partial charge in [0.1, 0.15) is 11.9 Å². The number of nitrogens with one attached hydrogen (secondary N) is 3. The lowest BCUT2D eigenvalue weighted by Crippen LogP contribution is -2.18. The van der Waals surface area contributed by atoms with Gasteiger partial charge in [0.15, 0.2) is 23.0 Å². The Kier molecular flexibility index (Phi) is 5.38. The lowest BCUT2D eigenvalue weighted by atomic mass is 9.89. The van der Waals surface area contributed by atoms with Crippen molar-refractivity contribution in [2.75, 3.05) is 17.2 Å². The molecule has 0 aliphatic heterocycles. The number of imidazole rings is 1. The highest BCUT2D eigenvalue weighted by molar-refractivity contribution is 5.72. The second-order valence-electron chi connectivity index (χ2n) is 6.84. The molecule has 142 valence electrons. The molecule has 9 nitrogen and oxygen atoms in total. The SMILES string of the molecule is N#Cc1cnc(Nc2cc(NCC3CCCCC3)c(-c3ncc[nH]3)nn2)cn1. The molecule has 0 bridgehead atoms. The topological polar surface area (TPSA) is 128 Å². The fraction of sp³-hybridized carbons (Fsp3) is 0.368. The Bertz CT molecular complexity index is 939. The van der Waals surface area contributed by atoms with Crippen LogP contribution in [0.3, 0.4) is 0 Å². The molecule has 0 radical (unpaired) electrons. The summed E-state index contributed by atoms with van der Waals surface area (Å²) >= 11 is 0. The molecule has 1 aliphatic carbocycles. The Balaban J connectivity index is 1.55. The van der Waals surface area contributed by atoms with Gasteiger partial charge in [-0.1, -0.05) is 19.3 Å². The molecule has 0 unspecified atom stereocenters. The number of aromatic nitrogens is 6. The minimum Gasteiger partial charge on any atom is -0.383 e. The summed E-state index contributed by atoms with van der Waals surface area (Å²) < 4.78 is 0. The van der Waals surface area contributed by atoms with E-state index in [2.05, 4.69) is 40.8 Å². The minimum atomic E-state index is 0.264. The molecule has 3 aromatic heterocycles. The summed E-state index contributed by atoms with van der Waals surface area (Å²) in [7, 11) is 0. The summed E-state index contributed by atoms with van der Waals surface area (Å²) in [6.45, 7) is 0.898. The van der Waals surface area contributed by atoms with Gasteiger partial charge in [-0.25, -0.2) is 15.0 Å². The third-order valence-corrected chi connectivity index (χ3v) is 4.84. The summed E-state index contributed by atoms with van der Waals surface area (Å²) in [5.41, 5.74) is 1.80. The summed E-state index contributed by atoms with van der Waals surface area (Å²) in [6.07, 6.45) is 12.8. The zero-order chi connectivity index (χ0) is 19.2. The lowest BCUT2D eigenvalue weighted by molar-refractivity contribution is 0.373. The monoisotopic (exact) mass is 375 g/mol. The van der Waals surface area contributed by atoms with Crippen LogP contribution in [0.4, 0.5) is 17.3 Å². The lowest BCUT2D eigenvalue weighted by Gasteiger charge is -2.22. The third kappa shape index (κ3) is 4.23. The van der Waals surface area contributed by atoms with Gasteiger partial charge in [0.2, 0.25) is 0 Å². The van der Waals surface area contributed by atoms with Crippen LogP contribution in [0.1, 0.15) is 37.8 Å². The largest absolute Gasteiger partial charge is 0.383 e.